The highest BCUT2D eigenvalue weighted by Crippen LogP contribution is 2.34. The minimum Gasteiger partial charge on any atom is -0.497 e. The van der Waals surface area contributed by atoms with E-state index >= 15 is 0 Å². The molecule has 0 bridgehead atoms. The number of rotatable bonds is 11. The summed E-state index contributed by atoms with van der Waals surface area (Å²) in [7, 11) is 3.55. The Morgan fingerprint density at radius 2 is 1.66 bits per heavy atom. The van der Waals surface area contributed by atoms with Crippen molar-refractivity contribution in [2.45, 2.75) is 39.8 Å². The van der Waals surface area contributed by atoms with Crippen LogP contribution in [0, 0.1) is 5.92 Å². The first-order chi connectivity index (χ1) is 15.4. The molecule has 0 saturated heterocycles. The number of hydrogen-bond acceptors (Lipinski definition) is 5. The van der Waals surface area contributed by atoms with E-state index in [1.165, 1.54) is 0 Å². The van der Waals surface area contributed by atoms with E-state index in [-0.39, 0.29) is 6.10 Å². The molecule has 1 aromatic heterocycles. The van der Waals surface area contributed by atoms with Crippen LogP contribution in [-0.2, 0) is 13.6 Å². The standard InChI is InChI=1S/C26H35N3O3/c1-6-21(30)17-29(16-19(2)3)18-24-25(20-10-8-7-9-11-20)27-28(4)26(24)32-23-14-12-22(31-5)13-15-23/h7-15,19,21,30H,6,16-18H2,1-5H3/t21-/m1/s1. The lowest BCUT2D eigenvalue weighted by atomic mass is 10.1. The van der Waals surface area contributed by atoms with Gasteiger partial charge in [-0.3, -0.25) is 4.90 Å². The average Bonchev–Trinajstić information content (AvgIpc) is 3.09. The monoisotopic (exact) mass is 437 g/mol. The van der Waals surface area contributed by atoms with Crippen LogP contribution < -0.4 is 9.47 Å². The maximum absolute atomic E-state index is 10.4. The van der Waals surface area contributed by atoms with E-state index < -0.39 is 0 Å². The maximum atomic E-state index is 10.4. The first kappa shape index (κ1) is 23.8. The molecule has 0 aliphatic rings. The van der Waals surface area contributed by atoms with Gasteiger partial charge in [-0.1, -0.05) is 51.1 Å². The molecule has 0 fully saturated rings. The number of hydrogen-bond donors (Lipinski definition) is 1. The Morgan fingerprint density at radius 3 is 2.25 bits per heavy atom. The molecule has 0 saturated carbocycles. The summed E-state index contributed by atoms with van der Waals surface area (Å²) in [5.74, 6) is 2.68. The summed E-state index contributed by atoms with van der Waals surface area (Å²) in [6.45, 7) is 8.53. The lowest BCUT2D eigenvalue weighted by Gasteiger charge is -2.26. The Balaban J connectivity index is 2.00. The normalized spacial score (nSPS) is 12.4. The van der Waals surface area contributed by atoms with Gasteiger partial charge in [0.2, 0.25) is 5.88 Å². The SMILES string of the molecule is CC[C@@H](O)CN(Cc1c(-c2ccccc2)nn(C)c1Oc1ccc(OC)cc1)CC(C)C. The van der Waals surface area contributed by atoms with Crippen LogP contribution in [0.2, 0.25) is 0 Å². The molecule has 0 amide bonds. The van der Waals surface area contributed by atoms with Crippen molar-refractivity contribution in [2.24, 2.45) is 13.0 Å². The van der Waals surface area contributed by atoms with Crippen molar-refractivity contribution in [1.82, 2.24) is 14.7 Å². The fraction of sp³-hybridized carbons (Fsp3) is 0.423. The summed E-state index contributed by atoms with van der Waals surface area (Å²) < 4.78 is 13.4. The molecule has 3 rings (SSSR count). The number of aliphatic hydroxyl groups is 1. The van der Waals surface area contributed by atoms with E-state index in [4.69, 9.17) is 14.6 Å². The van der Waals surface area contributed by atoms with E-state index in [0.717, 1.165) is 41.3 Å². The number of ether oxygens (including phenoxy) is 2. The van der Waals surface area contributed by atoms with Crippen LogP contribution in [0.15, 0.2) is 54.6 Å². The molecule has 2 aromatic carbocycles. The number of benzene rings is 2. The second-order valence-corrected chi connectivity index (χ2v) is 8.55. The quantitative estimate of drug-likeness (QED) is 0.451. The van der Waals surface area contributed by atoms with Crippen LogP contribution in [0.4, 0.5) is 0 Å². The molecule has 172 valence electrons. The number of aryl methyl sites for hydroxylation is 1. The van der Waals surface area contributed by atoms with Gasteiger partial charge in [-0.25, -0.2) is 4.68 Å². The average molecular weight is 438 g/mol. The zero-order valence-electron chi connectivity index (χ0n) is 19.8. The van der Waals surface area contributed by atoms with Gasteiger partial charge in [0.15, 0.2) is 0 Å². The van der Waals surface area contributed by atoms with Crippen LogP contribution in [-0.4, -0.2) is 46.1 Å². The zero-order chi connectivity index (χ0) is 23.1. The van der Waals surface area contributed by atoms with Crippen molar-refractivity contribution in [3.8, 4) is 28.6 Å². The zero-order valence-corrected chi connectivity index (χ0v) is 19.8. The minimum atomic E-state index is -0.364. The highest BCUT2D eigenvalue weighted by Gasteiger charge is 2.23. The summed E-state index contributed by atoms with van der Waals surface area (Å²) in [5, 5.41) is 15.2. The predicted molar refractivity (Wildman–Crippen MR) is 128 cm³/mol. The molecule has 1 heterocycles. The third-order valence-electron chi connectivity index (χ3n) is 5.35. The van der Waals surface area contributed by atoms with Crippen LogP contribution in [0.25, 0.3) is 11.3 Å². The summed E-state index contributed by atoms with van der Waals surface area (Å²) in [6, 6.07) is 17.7. The van der Waals surface area contributed by atoms with Crippen molar-refractivity contribution < 1.29 is 14.6 Å². The minimum absolute atomic E-state index is 0.364. The highest BCUT2D eigenvalue weighted by atomic mass is 16.5. The van der Waals surface area contributed by atoms with E-state index in [1.54, 1.807) is 11.8 Å². The van der Waals surface area contributed by atoms with Gasteiger partial charge in [-0.05, 0) is 36.6 Å². The molecule has 0 aliphatic heterocycles. The third kappa shape index (κ3) is 6.11. The van der Waals surface area contributed by atoms with Gasteiger partial charge >= 0.3 is 0 Å². The fourth-order valence-electron chi connectivity index (χ4n) is 3.78. The van der Waals surface area contributed by atoms with Gasteiger partial charge in [0.05, 0.1) is 18.8 Å². The summed E-state index contributed by atoms with van der Waals surface area (Å²) >= 11 is 0. The van der Waals surface area contributed by atoms with Crippen molar-refractivity contribution in [1.29, 1.82) is 0 Å². The van der Waals surface area contributed by atoms with Crippen LogP contribution in [0.1, 0.15) is 32.8 Å². The fourth-order valence-corrected chi connectivity index (χ4v) is 3.78. The Bertz CT molecular complexity index is 968. The smallest absolute Gasteiger partial charge is 0.222 e. The van der Waals surface area contributed by atoms with E-state index in [9.17, 15) is 5.11 Å². The molecule has 32 heavy (non-hydrogen) atoms. The largest absolute Gasteiger partial charge is 0.497 e. The second-order valence-electron chi connectivity index (χ2n) is 8.55. The Labute approximate surface area is 191 Å². The molecule has 6 nitrogen and oxygen atoms in total. The van der Waals surface area contributed by atoms with E-state index in [1.807, 2.05) is 56.4 Å². The highest BCUT2D eigenvalue weighted by molar-refractivity contribution is 5.65. The van der Waals surface area contributed by atoms with Gasteiger partial charge < -0.3 is 14.6 Å². The number of methoxy groups -OCH3 is 1. The molecular weight excluding hydrogens is 402 g/mol. The Hall–Kier alpha value is -2.83. The predicted octanol–water partition coefficient (Wildman–Crippen LogP) is 5.12. The van der Waals surface area contributed by atoms with Crippen LogP contribution in [0.5, 0.6) is 17.4 Å². The topological polar surface area (TPSA) is 59.8 Å². The van der Waals surface area contributed by atoms with Crippen molar-refractivity contribution >= 4 is 0 Å². The molecular formula is C26H35N3O3. The van der Waals surface area contributed by atoms with Crippen LogP contribution >= 0.6 is 0 Å². The lowest BCUT2D eigenvalue weighted by molar-refractivity contribution is 0.0982. The third-order valence-corrected chi connectivity index (χ3v) is 5.35. The Kier molecular flexibility index (Phi) is 8.31. The summed E-state index contributed by atoms with van der Waals surface area (Å²) in [6.07, 6.45) is 0.360. The summed E-state index contributed by atoms with van der Waals surface area (Å²) in [5.41, 5.74) is 2.96. The van der Waals surface area contributed by atoms with E-state index in [2.05, 4.69) is 30.9 Å². The molecule has 0 spiro atoms. The van der Waals surface area contributed by atoms with Gasteiger partial charge in [-0.15, -0.1) is 0 Å². The van der Waals surface area contributed by atoms with Crippen molar-refractivity contribution in [3.05, 3.63) is 60.2 Å². The summed E-state index contributed by atoms with van der Waals surface area (Å²) in [4.78, 5) is 2.29. The van der Waals surface area contributed by atoms with Gasteiger partial charge in [-0.2, -0.15) is 5.10 Å². The first-order valence-corrected chi connectivity index (χ1v) is 11.2. The van der Waals surface area contributed by atoms with Gasteiger partial charge in [0.25, 0.3) is 0 Å². The van der Waals surface area contributed by atoms with Gasteiger partial charge in [0, 0.05) is 32.2 Å². The Morgan fingerprint density at radius 1 is 1.00 bits per heavy atom. The molecule has 3 aromatic rings. The maximum Gasteiger partial charge on any atom is 0.222 e. The molecule has 1 atom stereocenters. The second kappa shape index (κ2) is 11.2. The van der Waals surface area contributed by atoms with Crippen molar-refractivity contribution in [3.63, 3.8) is 0 Å². The molecule has 0 aliphatic carbocycles. The molecule has 6 heteroatoms. The molecule has 0 unspecified atom stereocenters. The number of aromatic nitrogens is 2. The van der Waals surface area contributed by atoms with Gasteiger partial charge in [0.1, 0.15) is 17.2 Å². The van der Waals surface area contributed by atoms with Crippen LogP contribution in [0.3, 0.4) is 0 Å². The molecule has 1 N–H and O–H groups in total. The van der Waals surface area contributed by atoms with Crippen molar-refractivity contribution in [2.75, 3.05) is 20.2 Å². The van der Waals surface area contributed by atoms with E-state index in [0.29, 0.717) is 24.9 Å². The number of nitrogens with zero attached hydrogens (tertiary/aromatic N) is 3. The molecule has 0 radical (unpaired) electrons. The first-order valence-electron chi connectivity index (χ1n) is 11.2. The number of aliphatic hydroxyl groups excluding tert-OH is 1. The lowest BCUT2D eigenvalue weighted by Crippen LogP contribution is -2.34.